The van der Waals surface area contributed by atoms with E-state index in [9.17, 15) is 0 Å². The molecule has 0 unspecified atom stereocenters. The van der Waals surface area contributed by atoms with Crippen molar-refractivity contribution in [2.24, 2.45) is 0 Å². The number of nitrogens with one attached hydrogen (secondary N) is 1. The zero-order valence-electron chi connectivity index (χ0n) is 9.22. The lowest BCUT2D eigenvalue weighted by molar-refractivity contribution is 0.953. The van der Waals surface area contributed by atoms with Crippen molar-refractivity contribution >= 4 is 11.2 Å². The van der Waals surface area contributed by atoms with Gasteiger partial charge in [-0.05, 0) is 36.1 Å². The summed E-state index contributed by atoms with van der Waals surface area (Å²) in [6.45, 7) is 0. The summed E-state index contributed by atoms with van der Waals surface area (Å²) < 4.78 is 0. The Hall–Kier alpha value is -2.23. The highest BCUT2D eigenvalue weighted by Gasteiger charge is 2.04. The molecule has 0 bridgehead atoms. The standard InChI is InChI=1S/C13H11N4/c1-2-10(8-14-6-1)3-4-11-5-7-15-13-12(11)16-9-17-13/h1-2,5-8H,3-4H2,(H,15,16,17). The Morgan fingerprint density at radius 1 is 1.18 bits per heavy atom. The average molecular weight is 223 g/mol. The number of aryl methyl sites for hydroxylation is 2. The fourth-order valence-corrected chi connectivity index (χ4v) is 1.87. The van der Waals surface area contributed by atoms with Crippen LogP contribution in [-0.2, 0) is 12.8 Å². The maximum absolute atomic E-state index is 4.20. The van der Waals surface area contributed by atoms with Gasteiger partial charge >= 0.3 is 0 Å². The molecule has 0 spiro atoms. The van der Waals surface area contributed by atoms with Crippen LogP contribution in [0.4, 0.5) is 0 Å². The van der Waals surface area contributed by atoms with E-state index < -0.39 is 0 Å². The van der Waals surface area contributed by atoms with E-state index in [2.05, 4.69) is 32.3 Å². The van der Waals surface area contributed by atoms with Gasteiger partial charge in [0.1, 0.15) is 5.52 Å². The molecule has 0 saturated carbocycles. The summed E-state index contributed by atoms with van der Waals surface area (Å²) in [5, 5.41) is 0. The number of rotatable bonds is 3. The number of aromatic amines is 1. The first kappa shape index (κ1) is 9.96. The van der Waals surface area contributed by atoms with Crippen LogP contribution in [0.25, 0.3) is 11.2 Å². The minimum Gasteiger partial charge on any atom is -0.320 e. The lowest BCUT2D eigenvalue weighted by Gasteiger charge is -2.02. The van der Waals surface area contributed by atoms with Crippen molar-refractivity contribution in [1.82, 2.24) is 19.9 Å². The Morgan fingerprint density at radius 2 is 2.18 bits per heavy atom. The van der Waals surface area contributed by atoms with Crippen LogP contribution in [0.5, 0.6) is 0 Å². The number of imidazole rings is 1. The summed E-state index contributed by atoms with van der Waals surface area (Å²) in [4.78, 5) is 15.4. The molecule has 0 aliphatic rings. The van der Waals surface area contributed by atoms with Crippen LogP contribution in [0, 0.1) is 6.33 Å². The summed E-state index contributed by atoms with van der Waals surface area (Å²) in [5.41, 5.74) is 4.14. The van der Waals surface area contributed by atoms with Crippen molar-refractivity contribution in [3.63, 3.8) is 0 Å². The average Bonchev–Trinajstić information content (AvgIpc) is 2.86. The minimum absolute atomic E-state index is 0.800. The molecule has 83 valence electrons. The Labute approximate surface area is 98.8 Å². The Morgan fingerprint density at radius 3 is 3.06 bits per heavy atom. The van der Waals surface area contributed by atoms with Crippen LogP contribution >= 0.6 is 0 Å². The molecule has 0 saturated heterocycles. The smallest absolute Gasteiger partial charge is 0.175 e. The molecular weight excluding hydrogens is 212 g/mol. The Balaban J connectivity index is 1.84. The van der Waals surface area contributed by atoms with E-state index >= 15 is 0 Å². The van der Waals surface area contributed by atoms with E-state index in [4.69, 9.17) is 0 Å². The van der Waals surface area contributed by atoms with Gasteiger partial charge in [-0.3, -0.25) is 4.98 Å². The molecule has 0 fully saturated rings. The highest BCUT2D eigenvalue weighted by Crippen LogP contribution is 2.14. The van der Waals surface area contributed by atoms with E-state index in [1.165, 1.54) is 11.1 Å². The number of pyridine rings is 2. The molecule has 3 aromatic rings. The van der Waals surface area contributed by atoms with Crippen LogP contribution in [0.1, 0.15) is 11.1 Å². The third kappa shape index (κ3) is 2.01. The van der Waals surface area contributed by atoms with E-state index in [-0.39, 0.29) is 0 Å². The van der Waals surface area contributed by atoms with Gasteiger partial charge in [0.15, 0.2) is 12.0 Å². The SMILES string of the molecule is [c]1nc2c(CCc3cccnc3)ccnc2[nH]1. The molecule has 3 rings (SSSR count). The third-order valence-electron chi connectivity index (χ3n) is 2.76. The fourth-order valence-electron chi connectivity index (χ4n) is 1.87. The van der Waals surface area contributed by atoms with Crippen molar-refractivity contribution in [3.05, 3.63) is 54.2 Å². The Kier molecular flexibility index (Phi) is 2.54. The van der Waals surface area contributed by atoms with Gasteiger partial charge in [-0.1, -0.05) is 6.07 Å². The zero-order valence-corrected chi connectivity index (χ0v) is 9.22. The number of nitrogens with zero attached hydrogens (tertiary/aromatic N) is 3. The van der Waals surface area contributed by atoms with Gasteiger partial charge in [0.2, 0.25) is 0 Å². The minimum atomic E-state index is 0.800. The second-order valence-electron chi connectivity index (χ2n) is 3.88. The van der Waals surface area contributed by atoms with Gasteiger partial charge in [0, 0.05) is 18.6 Å². The van der Waals surface area contributed by atoms with E-state index in [0.717, 1.165) is 24.0 Å². The van der Waals surface area contributed by atoms with Gasteiger partial charge in [-0.15, -0.1) is 0 Å². The first-order valence-electron chi connectivity index (χ1n) is 5.52. The van der Waals surface area contributed by atoms with Crippen molar-refractivity contribution in [2.75, 3.05) is 0 Å². The number of fused-ring (bicyclic) bond motifs is 1. The zero-order chi connectivity index (χ0) is 11.5. The lowest BCUT2D eigenvalue weighted by Crippen LogP contribution is -1.93. The summed E-state index contributed by atoms with van der Waals surface area (Å²) >= 11 is 0. The molecular formula is C13H11N4. The molecule has 0 atom stereocenters. The molecule has 1 N–H and O–H groups in total. The van der Waals surface area contributed by atoms with E-state index in [1.54, 1.807) is 12.4 Å². The second-order valence-corrected chi connectivity index (χ2v) is 3.88. The number of hydrogen-bond donors (Lipinski definition) is 1. The van der Waals surface area contributed by atoms with Crippen molar-refractivity contribution in [1.29, 1.82) is 0 Å². The van der Waals surface area contributed by atoms with Crippen molar-refractivity contribution < 1.29 is 0 Å². The monoisotopic (exact) mass is 223 g/mol. The van der Waals surface area contributed by atoms with Gasteiger partial charge in [0.05, 0.1) is 0 Å². The van der Waals surface area contributed by atoms with Crippen molar-refractivity contribution in [3.8, 4) is 0 Å². The molecule has 0 aliphatic heterocycles. The molecule has 1 radical (unpaired) electrons. The van der Waals surface area contributed by atoms with E-state index in [1.807, 2.05) is 18.3 Å². The summed E-state index contributed by atoms with van der Waals surface area (Å²) in [5.74, 6) is 0. The molecule has 4 heteroatoms. The molecule has 3 heterocycles. The molecule has 4 nitrogen and oxygen atoms in total. The molecule has 0 aliphatic carbocycles. The van der Waals surface area contributed by atoms with Gasteiger partial charge in [0.25, 0.3) is 0 Å². The van der Waals surface area contributed by atoms with Crippen LogP contribution in [0.2, 0.25) is 0 Å². The molecule has 0 aromatic carbocycles. The topological polar surface area (TPSA) is 54.5 Å². The predicted octanol–water partition coefficient (Wildman–Crippen LogP) is 1.94. The normalized spacial score (nSPS) is 10.8. The lowest BCUT2D eigenvalue weighted by atomic mass is 10.1. The van der Waals surface area contributed by atoms with Crippen molar-refractivity contribution in [2.45, 2.75) is 12.8 Å². The number of H-pyrrole nitrogens is 1. The number of hydrogen-bond acceptors (Lipinski definition) is 3. The second kappa shape index (κ2) is 4.33. The quantitative estimate of drug-likeness (QED) is 0.738. The maximum atomic E-state index is 4.20. The first-order chi connectivity index (χ1) is 8.43. The van der Waals surface area contributed by atoms with Gasteiger partial charge in [-0.25, -0.2) is 9.97 Å². The van der Waals surface area contributed by atoms with Crippen LogP contribution in [-0.4, -0.2) is 19.9 Å². The van der Waals surface area contributed by atoms with Crippen LogP contribution in [0.3, 0.4) is 0 Å². The predicted molar refractivity (Wildman–Crippen MR) is 64.4 cm³/mol. The van der Waals surface area contributed by atoms with Crippen LogP contribution < -0.4 is 0 Å². The summed E-state index contributed by atoms with van der Waals surface area (Å²) in [6.07, 6.45) is 10.1. The highest BCUT2D eigenvalue weighted by atomic mass is 14.9. The fraction of sp³-hybridized carbons (Fsp3) is 0.154. The molecule has 17 heavy (non-hydrogen) atoms. The largest absolute Gasteiger partial charge is 0.320 e. The van der Waals surface area contributed by atoms with Gasteiger partial charge in [-0.2, -0.15) is 0 Å². The third-order valence-corrected chi connectivity index (χ3v) is 2.76. The molecule has 3 aromatic heterocycles. The van der Waals surface area contributed by atoms with E-state index in [0.29, 0.717) is 0 Å². The summed E-state index contributed by atoms with van der Waals surface area (Å²) in [7, 11) is 0. The molecule has 0 amide bonds. The first-order valence-corrected chi connectivity index (χ1v) is 5.52. The van der Waals surface area contributed by atoms with Gasteiger partial charge < -0.3 is 4.98 Å². The highest BCUT2D eigenvalue weighted by molar-refractivity contribution is 5.73. The number of aromatic nitrogens is 4. The Bertz CT molecular complexity index is 615. The summed E-state index contributed by atoms with van der Waals surface area (Å²) in [6, 6.07) is 6.05. The van der Waals surface area contributed by atoms with Crippen LogP contribution in [0.15, 0.2) is 36.8 Å². The maximum Gasteiger partial charge on any atom is 0.175 e.